The van der Waals surface area contributed by atoms with E-state index in [4.69, 9.17) is 19.3 Å². The highest BCUT2D eigenvalue weighted by atomic mass is 16.6. The van der Waals surface area contributed by atoms with Gasteiger partial charge in [-0.3, -0.25) is 14.4 Å². The van der Waals surface area contributed by atoms with E-state index >= 15 is 0 Å². The van der Waals surface area contributed by atoms with Crippen LogP contribution in [0.3, 0.4) is 0 Å². The number of benzene rings is 1. The van der Waals surface area contributed by atoms with Gasteiger partial charge in [-0.2, -0.15) is 0 Å². The molecule has 3 aliphatic heterocycles. The summed E-state index contributed by atoms with van der Waals surface area (Å²) >= 11 is 0. The lowest BCUT2D eigenvalue weighted by Gasteiger charge is -2.36. The number of carbonyl (C=O) groups is 3. The van der Waals surface area contributed by atoms with Crippen LogP contribution in [0.5, 0.6) is 11.5 Å². The molecule has 0 spiro atoms. The van der Waals surface area contributed by atoms with Crippen molar-refractivity contribution in [1.82, 2.24) is 4.90 Å². The average molecular weight is 390 g/mol. The predicted octanol–water partition coefficient (Wildman–Crippen LogP) is 0.513. The fourth-order valence-electron chi connectivity index (χ4n) is 3.87. The van der Waals surface area contributed by atoms with Crippen LogP contribution < -0.4 is 14.4 Å². The van der Waals surface area contributed by atoms with Gasteiger partial charge in [0.25, 0.3) is 0 Å². The minimum atomic E-state index is -0.978. The maximum absolute atomic E-state index is 13.0. The lowest BCUT2D eigenvalue weighted by Crippen LogP contribution is -2.51. The zero-order valence-electron chi connectivity index (χ0n) is 15.3. The Bertz CT molecular complexity index is 796. The van der Waals surface area contributed by atoms with Crippen molar-refractivity contribution in [2.45, 2.75) is 18.9 Å². The van der Waals surface area contributed by atoms with Crippen molar-refractivity contribution in [3.8, 4) is 11.5 Å². The van der Waals surface area contributed by atoms with Gasteiger partial charge in [0.05, 0.1) is 31.6 Å². The molecule has 9 nitrogen and oxygen atoms in total. The Hall–Kier alpha value is -2.81. The zero-order chi connectivity index (χ0) is 19.7. The van der Waals surface area contributed by atoms with Crippen molar-refractivity contribution < 1.29 is 33.7 Å². The topological polar surface area (TPSA) is 106 Å². The SMILES string of the molecule is O=C(O)CC1COCCN1C(=O)C1CC(=O)N(c2ccc3c(c2)OCCO3)C1. The molecule has 0 saturated carbocycles. The molecule has 2 atom stereocenters. The molecule has 3 aliphatic rings. The van der Waals surface area contributed by atoms with Crippen molar-refractivity contribution in [1.29, 1.82) is 0 Å². The first-order valence-electron chi connectivity index (χ1n) is 9.33. The van der Waals surface area contributed by atoms with Crippen molar-refractivity contribution in [2.75, 3.05) is 44.4 Å². The minimum Gasteiger partial charge on any atom is -0.486 e. The normalized spacial score (nSPS) is 24.4. The molecule has 2 saturated heterocycles. The second-order valence-corrected chi connectivity index (χ2v) is 7.09. The molecular weight excluding hydrogens is 368 g/mol. The van der Waals surface area contributed by atoms with Crippen LogP contribution in [0.25, 0.3) is 0 Å². The largest absolute Gasteiger partial charge is 0.486 e. The van der Waals surface area contributed by atoms with Crippen LogP contribution in [0.4, 0.5) is 5.69 Å². The molecule has 1 aromatic rings. The van der Waals surface area contributed by atoms with Gasteiger partial charge in [-0.15, -0.1) is 0 Å². The van der Waals surface area contributed by atoms with E-state index in [0.29, 0.717) is 43.6 Å². The average Bonchev–Trinajstić information content (AvgIpc) is 3.09. The molecule has 1 N–H and O–H groups in total. The quantitative estimate of drug-likeness (QED) is 0.799. The van der Waals surface area contributed by atoms with Crippen LogP contribution in [-0.2, 0) is 19.1 Å². The summed E-state index contributed by atoms with van der Waals surface area (Å²) in [5.74, 6) is -0.593. The smallest absolute Gasteiger partial charge is 0.305 e. The third kappa shape index (κ3) is 3.62. The number of aliphatic carboxylic acids is 1. The standard InChI is InChI=1S/C19H22N2O7/c22-17-7-12(19(25)20-3-4-26-11-14(20)9-18(23)24)10-21(17)13-1-2-15-16(8-13)28-6-5-27-15/h1-2,8,12,14H,3-7,9-11H2,(H,23,24). The third-order valence-corrected chi connectivity index (χ3v) is 5.23. The number of hydrogen-bond donors (Lipinski definition) is 1. The molecule has 28 heavy (non-hydrogen) atoms. The van der Waals surface area contributed by atoms with E-state index in [2.05, 4.69) is 0 Å². The molecule has 3 heterocycles. The molecular formula is C19H22N2O7. The molecule has 0 radical (unpaired) electrons. The van der Waals surface area contributed by atoms with Crippen molar-refractivity contribution >= 4 is 23.5 Å². The summed E-state index contributed by atoms with van der Waals surface area (Å²) in [6.45, 7) is 2.11. The second-order valence-electron chi connectivity index (χ2n) is 7.09. The van der Waals surface area contributed by atoms with Crippen molar-refractivity contribution in [3.63, 3.8) is 0 Å². The van der Waals surface area contributed by atoms with Crippen molar-refractivity contribution in [3.05, 3.63) is 18.2 Å². The molecule has 2 fully saturated rings. The Kier molecular flexibility index (Phi) is 5.08. The number of carbonyl (C=O) groups excluding carboxylic acids is 2. The van der Waals surface area contributed by atoms with Gasteiger partial charge < -0.3 is 29.1 Å². The van der Waals surface area contributed by atoms with Crippen LogP contribution in [0.15, 0.2) is 18.2 Å². The number of hydrogen-bond acceptors (Lipinski definition) is 6. The van der Waals surface area contributed by atoms with Crippen LogP contribution in [0.1, 0.15) is 12.8 Å². The summed E-state index contributed by atoms with van der Waals surface area (Å²) in [4.78, 5) is 39.8. The number of fused-ring (bicyclic) bond motifs is 1. The Morgan fingerprint density at radius 3 is 2.71 bits per heavy atom. The molecule has 1 aromatic carbocycles. The van der Waals surface area contributed by atoms with E-state index in [9.17, 15) is 14.4 Å². The first-order chi connectivity index (χ1) is 13.5. The maximum Gasteiger partial charge on any atom is 0.305 e. The van der Waals surface area contributed by atoms with Gasteiger partial charge in [-0.25, -0.2) is 0 Å². The number of rotatable bonds is 4. The number of ether oxygens (including phenoxy) is 3. The number of anilines is 1. The monoisotopic (exact) mass is 390 g/mol. The van der Waals surface area contributed by atoms with Gasteiger partial charge in [0.2, 0.25) is 11.8 Å². The van der Waals surface area contributed by atoms with Crippen LogP contribution in [-0.4, -0.2) is 73.3 Å². The molecule has 2 unspecified atom stereocenters. The highest BCUT2D eigenvalue weighted by Gasteiger charge is 2.40. The van der Waals surface area contributed by atoms with E-state index in [1.807, 2.05) is 0 Å². The van der Waals surface area contributed by atoms with Gasteiger partial charge in [0, 0.05) is 31.3 Å². The van der Waals surface area contributed by atoms with E-state index in [1.54, 1.807) is 28.0 Å². The van der Waals surface area contributed by atoms with E-state index in [0.717, 1.165) is 0 Å². The summed E-state index contributed by atoms with van der Waals surface area (Å²) in [5, 5.41) is 9.08. The Balaban J connectivity index is 1.48. The van der Waals surface area contributed by atoms with Crippen LogP contribution in [0.2, 0.25) is 0 Å². The summed E-state index contributed by atoms with van der Waals surface area (Å²) in [5.41, 5.74) is 0.661. The van der Waals surface area contributed by atoms with E-state index < -0.39 is 17.9 Å². The number of carboxylic acid groups (broad SMARTS) is 1. The predicted molar refractivity (Wildman–Crippen MR) is 96.5 cm³/mol. The summed E-state index contributed by atoms with van der Waals surface area (Å²) in [6.07, 6.45) is -0.0668. The van der Waals surface area contributed by atoms with Gasteiger partial charge in [0.15, 0.2) is 11.5 Å². The van der Waals surface area contributed by atoms with Gasteiger partial charge in [-0.1, -0.05) is 0 Å². The number of morpholine rings is 1. The van der Waals surface area contributed by atoms with Crippen LogP contribution >= 0.6 is 0 Å². The summed E-state index contributed by atoms with van der Waals surface area (Å²) in [7, 11) is 0. The molecule has 0 aliphatic carbocycles. The van der Waals surface area contributed by atoms with Gasteiger partial charge >= 0.3 is 5.97 Å². The number of amides is 2. The molecule has 0 bridgehead atoms. The second kappa shape index (κ2) is 7.67. The molecule has 2 amide bonds. The minimum absolute atomic E-state index is 0.102. The lowest BCUT2D eigenvalue weighted by molar-refractivity contribution is -0.149. The van der Waals surface area contributed by atoms with Crippen molar-refractivity contribution in [2.24, 2.45) is 5.92 Å². The highest BCUT2D eigenvalue weighted by Crippen LogP contribution is 2.36. The first kappa shape index (κ1) is 18.5. The van der Waals surface area contributed by atoms with E-state index in [-0.39, 0.29) is 37.8 Å². The fourth-order valence-corrected chi connectivity index (χ4v) is 3.87. The lowest BCUT2D eigenvalue weighted by atomic mass is 10.0. The van der Waals surface area contributed by atoms with Gasteiger partial charge in [0.1, 0.15) is 13.2 Å². The van der Waals surface area contributed by atoms with Gasteiger partial charge in [-0.05, 0) is 12.1 Å². The summed E-state index contributed by atoms with van der Waals surface area (Å²) in [6, 6.07) is 4.79. The Morgan fingerprint density at radius 1 is 1.14 bits per heavy atom. The number of nitrogens with zero attached hydrogens (tertiary/aromatic N) is 2. The zero-order valence-corrected chi connectivity index (χ0v) is 15.3. The summed E-state index contributed by atoms with van der Waals surface area (Å²) < 4.78 is 16.4. The van der Waals surface area contributed by atoms with Crippen LogP contribution in [0, 0.1) is 5.92 Å². The molecule has 4 rings (SSSR count). The van der Waals surface area contributed by atoms with E-state index in [1.165, 1.54) is 0 Å². The fraction of sp³-hybridized carbons (Fsp3) is 0.526. The Morgan fingerprint density at radius 2 is 1.93 bits per heavy atom. The maximum atomic E-state index is 13.0. The molecule has 150 valence electrons. The third-order valence-electron chi connectivity index (χ3n) is 5.23. The molecule has 0 aromatic heterocycles. The molecule has 9 heteroatoms. The highest BCUT2D eigenvalue weighted by molar-refractivity contribution is 6.00. The number of carboxylic acids is 1. The Labute approximate surface area is 161 Å². The first-order valence-corrected chi connectivity index (χ1v) is 9.33.